The van der Waals surface area contributed by atoms with Crippen molar-refractivity contribution in [3.63, 3.8) is 0 Å². The lowest BCUT2D eigenvalue weighted by Crippen LogP contribution is -1.84. The Morgan fingerprint density at radius 3 is 2.58 bits per heavy atom. The molecule has 0 heterocycles. The van der Waals surface area contributed by atoms with Gasteiger partial charge in [-0.2, -0.15) is 0 Å². The zero-order valence-corrected chi connectivity index (χ0v) is 7.07. The summed E-state index contributed by atoms with van der Waals surface area (Å²) in [6.07, 6.45) is 3.28. The SMILES string of the molecule is CC(C=Nc1ccccc1)=CN. The molecule has 0 atom stereocenters. The summed E-state index contributed by atoms with van der Waals surface area (Å²) in [5.74, 6) is 0. The van der Waals surface area contributed by atoms with Gasteiger partial charge in [0.15, 0.2) is 0 Å². The van der Waals surface area contributed by atoms with E-state index >= 15 is 0 Å². The molecule has 62 valence electrons. The van der Waals surface area contributed by atoms with Crippen LogP contribution in [-0.2, 0) is 0 Å². The molecule has 1 aromatic rings. The molecule has 0 aliphatic heterocycles. The second-order valence-electron chi connectivity index (χ2n) is 2.50. The first-order chi connectivity index (χ1) is 5.83. The molecule has 0 spiro atoms. The van der Waals surface area contributed by atoms with E-state index in [1.54, 1.807) is 6.21 Å². The highest BCUT2D eigenvalue weighted by atomic mass is 14.7. The molecule has 2 nitrogen and oxygen atoms in total. The van der Waals surface area contributed by atoms with Gasteiger partial charge in [0, 0.05) is 6.21 Å². The number of nitrogens with zero attached hydrogens (tertiary/aromatic N) is 1. The highest BCUT2D eigenvalue weighted by Gasteiger charge is 1.83. The van der Waals surface area contributed by atoms with Gasteiger partial charge in [-0.15, -0.1) is 0 Å². The Kier molecular flexibility index (Phi) is 3.08. The van der Waals surface area contributed by atoms with E-state index in [1.165, 1.54) is 6.20 Å². The molecule has 0 aliphatic carbocycles. The van der Waals surface area contributed by atoms with Gasteiger partial charge < -0.3 is 5.73 Å². The van der Waals surface area contributed by atoms with Crippen LogP contribution in [0.1, 0.15) is 6.92 Å². The van der Waals surface area contributed by atoms with Gasteiger partial charge in [0.05, 0.1) is 5.69 Å². The quantitative estimate of drug-likeness (QED) is 0.662. The Labute approximate surface area is 72.4 Å². The van der Waals surface area contributed by atoms with E-state index in [0.717, 1.165) is 11.3 Å². The Morgan fingerprint density at radius 1 is 1.33 bits per heavy atom. The Balaban J connectivity index is 2.70. The van der Waals surface area contributed by atoms with Crippen molar-refractivity contribution in [2.45, 2.75) is 6.92 Å². The van der Waals surface area contributed by atoms with Gasteiger partial charge in [-0.1, -0.05) is 18.2 Å². The maximum Gasteiger partial charge on any atom is 0.0629 e. The van der Waals surface area contributed by atoms with Gasteiger partial charge in [-0.05, 0) is 30.8 Å². The molecule has 0 unspecified atom stereocenters. The molecule has 1 aromatic carbocycles. The summed E-state index contributed by atoms with van der Waals surface area (Å²) in [5.41, 5.74) is 7.18. The molecular weight excluding hydrogens is 148 g/mol. The van der Waals surface area contributed by atoms with Crippen molar-refractivity contribution in [3.05, 3.63) is 42.1 Å². The minimum absolute atomic E-state index is 0.943. The summed E-state index contributed by atoms with van der Waals surface area (Å²) < 4.78 is 0. The predicted octanol–water partition coefficient (Wildman–Crippen LogP) is 2.25. The number of nitrogens with two attached hydrogens (primary N) is 1. The van der Waals surface area contributed by atoms with Crippen LogP contribution in [0.5, 0.6) is 0 Å². The maximum atomic E-state index is 5.28. The third kappa shape index (κ3) is 2.58. The predicted molar refractivity (Wildman–Crippen MR) is 52.5 cm³/mol. The molecule has 2 heteroatoms. The number of benzene rings is 1. The second-order valence-corrected chi connectivity index (χ2v) is 2.50. The summed E-state index contributed by atoms with van der Waals surface area (Å²) >= 11 is 0. The molecule has 0 radical (unpaired) electrons. The van der Waals surface area contributed by atoms with Gasteiger partial charge >= 0.3 is 0 Å². The Hall–Kier alpha value is -1.57. The number of hydrogen-bond donors (Lipinski definition) is 1. The second kappa shape index (κ2) is 4.34. The molecular formula is C10H12N2. The molecule has 12 heavy (non-hydrogen) atoms. The molecule has 0 aliphatic rings. The lowest BCUT2D eigenvalue weighted by molar-refractivity contribution is 1.46. The third-order valence-corrected chi connectivity index (χ3v) is 1.44. The summed E-state index contributed by atoms with van der Waals surface area (Å²) in [7, 11) is 0. The van der Waals surface area contributed by atoms with E-state index in [1.807, 2.05) is 37.3 Å². The van der Waals surface area contributed by atoms with Crippen molar-refractivity contribution in [2.24, 2.45) is 10.7 Å². The average molecular weight is 160 g/mol. The summed E-state index contributed by atoms with van der Waals surface area (Å²) in [6.45, 7) is 1.91. The van der Waals surface area contributed by atoms with Crippen LogP contribution in [0.4, 0.5) is 5.69 Å². The summed E-state index contributed by atoms with van der Waals surface area (Å²) in [6, 6.07) is 9.76. The number of allylic oxidation sites excluding steroid dienone is 1. The molecule has 0 aromatic heterocycles. The summed E-state index contributed by atoms with van der Waals surface area (Å²) in [5, 5.41) is 0. The first-order valence-corrected chi connectivity index (χ1v) is 3.80. The van der Waals surface area contributed by atoms with Crippen molar-refractivity contribution >= 4 is 11.9 Å². The zero-order valence-electron chi connectivity index (χ0n) is 7.07. The van der Waals surface area contributed by atoms with Crippen LogP contribution in [0, 0.1) is 0 Å². The van der Waals surface area contributed by atoms with Gasteiger partial charge in [0.1, 0.15) is 0 Å². The van der Waals surface area contributed by atoms with Crippen LogP contribution in [0.15, 0.2) is 47.1 Å². The van der Waals surface area contributed by atoms with Crippen LogP contribution in [0.25, 0.3) is 0 Å². The third-order valence-electron chi connectivity index (χ3n) is 1.44. The number of para-hydroxylation sites is 1. The maximum absolute atomic E-state index is 5.28. The number of rotatable bonds is 2. The van der Waals surface area contributed by atoms with Crippen molar-refractivity contribution in [2.75, 3.05) is 0 Å². The normalized spacial score (nSPS) is 12.2. The van der Waals surface area contributed by atoms with E-state index in [0.29, 0.717) is 0 Å². The average Bonchev–Trinajstić information content (AvgIpc) is 2.16. The lowest BCUT2D eigenvalue weighted by Gasteiger charge is -1.90. The topological polar surface area (TPSA) is 38.4 Å². The van der Waals surface area contributed by atoms with E-state index in [9.17, 15) is 0 Å². The Morgan fingerprint density at radius 2 is 2.00 bits per heavy atom. The molecule has 1 rings (SSSR count). The largest absolute Gasteiger partial charge is 0.404 e. The molecule has 0 amide bonds. The Bertz CT molecular complexity index is 286. The number of hydrogen-bond acceptors (Lipinski definition) is 2. The lowest BCUT2D eigenvalue weighted by atomic mass is 10.3. The van der Waals surface area contributed by atoms with Crippen LogP contribution in [0.3, 0.4) is 0 Å². The van der Waals surface area contributed by atoms with Crippen LogP contribution in [-0.4, -0.2) is 6.21 Å². The van der Waals surface area contributed by atoms with Gasteiger partial charge in [0.25, 0.3) is 0 Å². The van der Waals surface area contributed by atoms with Gasteiger partial charge in [0.2, 0.25) is 0 Å². The van der Waals surface area contributed by atoms with Crippen molar-refractivity contribution in [1.29, 1.82) is 0 Å². The van der Waals surface area contributed by atoms with Gasteiger partial charge in [-0.25, -0.2) is 0 Å². The van der Waals surface area contributed by atoms with Crippen LogP contribution >= 0.6 is 0 Å². The van der Waals surface area contributed by atoms with Crippen molar-refractivity contribution in [1.82, 2.24) is 0 Å². The van der Waals surface area contributed by atoms with E-state index < -0.39 is 0 Å². The standard InChI is InChI=1S/C10H12N2/c1-9(7-11)8-12-10-5-3-2-4-6-10/h2-8H,11H2,1H3. The first-order valence-electron chi connectivity index (χ1n) is 3.80. The minimum Gasteiger partial charge on any atom is -0.404 e. The van der Waals surface area contributed by atoms with Crippen LogP contribution in [0.2, 0.25) is 0 Å². The van der Waals surface area contributed by atoms with Crippen molar-refractivity contribution < 1.29 is 0 Å². The minimum atomic E-state index is 0.943. The summed E-state index contributed by atoms with van der Waals surface area (Å²) in [4.78, 5) is 4.20. The van der Waals surface area contributed by atoms with Gasteiger partial charge in [-0.3, -0.25) is 4.99 Å². The highest BCUT2D eigenvalue weighted by molar-refractivity contribution is 5.79. The zero-order chi connectivity index (χ0) is 8.81. The van der Waals surface area contributed by atoms with Crippen LogP contribution < -0.4 is 5.73 Å². The molecule has 2 N–H and O–H groups in total. The number of aliphatic imine (C=N–C) groups is 1. The molecule has 0 bridgehead atoms. The van der Waals surface area contributed by atoms with E-state index in [-0.39, 0.29) is 0 Å². The fraction of sp³-hybridized carbons (Fsp3) is 0.100. The smallest absolute Gasteiger partial charge is 0.0629 e. The van der Waals surface area contributed by atoms with Crippen molar-refractivity contribution in [3.8, 4) is 0 Å². The molecule has 0 fully saturated rings. The highest BCUT2D eigenvalue weighted by Crippen LogP contribution is 2.08. The fourth-order valence-electron chi connectivity index (χ4n) is 0.733. The molecule has 0 saturated carbocycles. The first kappa shape index (κ1) is 8.53. The fourth-order valence-corrected chi connectivity index (χ4v) is 0.733. The van der Waals surface area contributed by atoms with E-state index in [2.05, 4.69) is 4.99 Å². The molecule has 0 saturated heterocycles. The van der Waals surface area contributed by atoms with E-state index in [4.69, 9.17) is 5.73 Å². The monoisotopic (exact) mass is 160 g/mol.